The lowest BCUT2D eigenvalue weighted by Gasteiger charge is -2.17. The Labute approximate surface area is 108 Å². The Bertz CT molecular complexity index is 315. The molecule has 1 aliphatic carbocycles. The van der Waals surface area contributed by atoms with E-state index in [1.165, 1.54) is 0 Å². The van der Waals surface area contributed by atoms with Gasteiger partial charge in [-0.05, 0) is 32.2 Å². The molecule has 2 N–H and O–H groups in total. The predicted molar refractivity (Wildman–Crippen MR) is 69.0 cm³/mol. The first-order valence-electron chi connectivity index (χ1n) is 7.02. The number of hydrogen-bond donors (Lipinski definition) is 2. The lowest BCUT2D eigenvalue weighted by atomic mass is 10.2. The molecule has 1 saturated heterocycles. The molecule has 0 aromatic rings. The minimum atomic E-state index is -0.0101. The van der Waals surface area contributed by atoms with Gasteiger partial charge < -0.3 is 15.5 Å². The number of carbonyl (C=O) groups excluding carboxylic acids is 2. The van der Waals surface area contributed by atoms with Crippen LogP contribution in [0.2, 0.25) is 0 Å². The zero-order chi connectivity index (χ0) is 13.0. The molecule has 102 valence electrons. The highest BCUT2D eigenvalue weighted by Gasteiger charge is 2.32. The first kappa shape index (κ1) is 13.3. The van der Waals surface area contributed by atoms with Crippen molar-refractivity contribution >= 4 is 11.8 Å². The molecule has 0 aromatic carbocycles. The molecule has 5 nitrogen and oxygen atoms in total. The van der Waals surface area contributed by atoms with Gasteiger partial charge >= 0.3 is 0 Å². The van der Waals surface area contributed by atoms with Gasteiger partial charge in [0.1, 0.15) is 0 Å². The van der Waals surface area contributed by atoms with Gasteiger partial charge in [0.25, 0.3) is 0 Å². The van der Waals surface area contributed by atoms with Crippen molar-refractivity contribution in [3.05, 3.63) is 0 Å². The maximum Gasteiger partial charge on any atom is 0.239 e. The highest BCUT2D eigenvalue weighted by molar-refractivity contribution is 5.84. The number of likely N-dealkylation sites (tertiary alicyclic amines) is 1. The number of nitrogens with one attached hydrogen (secondary N) is 2. The quantitative estimate of drug-likeness (QED) is 0.677. The summed E-state index contributed by atoms with van der Waals surface area (Å²) in [5, 5.41) is 6.16. The van der Waals surface area contributed by atoms with Crippen LogP contribution in [-0.2, 0) is 9.59 Å². The zero-order valence-electron chi connectivity index (χ0n) is 11.1. The van der Waals surface area contributed by atoms with Crippen molar-refractivity contribution in [3.8, 4) is 0 Å². The van der Waals surface area contributed by atoms with E-state index in [0.717, 1.165) is 38.8 Å². The molecule has 0 radical (unpaired) electrons. The van der Waals surface area contributed by atoms with E-state index >= 15 is 0 Å². The monoisotopic (exact) mass is 253 g/mol. The van der Waals surface area contributed by atoms with Crippen LogP contribution < -0.4 is 10.6 Å². The van der Waals surface area contributed by atoms with Crippen LogP contribution in [0.4, 0.5) is 0 Å². The van der Waals surface area contributed by atoms with Crippen molar-refractivity contribution in [2.45, 2.75) is 38.6 Å². The Kier molecular flexibility index (Phi) is 4.58. The second-order valence-electron chi connectivity index (χ2n) is 5.19. The Morgan fingerprint density at radius 2 is 2.11 bits per heavy atom. The summed E-state index contributed by atoms with van der Waals surface area (Å²) < 4.78 is 0. The Morgan fingerprint density at radius 1 is 1.33 bits per heavy atom. The summed E-state index contributed by atoms with van der Waals surface area (Å²) in [4.78, 5) is 25.3. The van der Waals surface area contributed by atoms with Gasteiger partial charge in [-0.25, -0.2) is 0 Å². The molecule has 2 fully saturated rings. The van der Waals surface area contributed by atoms with E-state index < -0.39 is 0 Å². The van der Waals surface area contributed by atoms with E-state index in [2.05, 4.69) is 17.6 Å². The summed E-state index contributed by atoms with van der Waals surface area (Å²) in [5.74, 6) is 0.588. The standard InChI is InChI=1S/C13H23N3O2/c1-2-6-14-11-5-8-16(13(11)18)9-7-15-12(17)10-3-4-10/h10-11,14H,2-9H2,1H3,(H,15,17). The number of carbonyl (C=O) groups is 2. The van der Waals surface area contributed by atoms with Crippen molar-refractivity contribution < 1.29 is 9.59 Å². The van der Waals surface area contributed by atoms with E-state index in [1.807, 2.05) is 4.90 Å². The molecule has 2 aliphatic rings. The van der Waals surface area contributed by atoms with Crippen LogP contribution in [0.5, 0.6) is 0 Å². The van der Waals surface area contributed by atoms with Crippen LogP contribution in [0.1, 0.15) is 32.6 Å². The van der Waals surface area contributed by atoms with E-state index in [4.69, 9.17) is 0 Å². The van der Waals surface area contributed by atoms with Crippen LogP contribution >= 0.6 is 0 Å². The minimum absolute atomic E-state index is 0.0101. The fraction of sp³-hybridized carbons (Fsp3) is 0.846. The largest absolute Gasteiger partial charge is 0.354 e. The molecule has 1 aliphatic heterocycles. The third-order valence-electron chi connectivity index (χ3n) is 3.57. The molecule has 0 bridgehead atoms. The smallest absolute Gasteiger partial charge is 0.239 e. The predicted octanol–water partition coefficient (Wildman–Crippen LogP) is 0.113. The Morgan fingerprint density at radius 3 is 2.78 bits per heavy atom. The number of nitrogens with zero attached hydrogens (tertiary/aromatic N) is 1. The molecule has 1 saturated carbocycles. The van der Waals surface area contributed by atoms with Gasteiger partial charge in [0.15, 0.2) is 0 Å². The van der Waals surface area contributed by atoms with Crippen LogP contribution in [-0.4, -0.2) is 48.9 Å². The van der Waals surface area contributed by atoms with Gasteiger partial charge in [-0.15, -0.1) is 0 Å². The van der Waals surface area contributed by atoms with Gasteiger partial charge in [-0.2, -0.15) is 0 Å². The fourth-order valence-corrected chi connectivity index (χ4v) is 2.27. The maximum absolute atomic E-state index is 12.0. The second kappa shape index (κ2) is 6.18. The topological polar surface area (TPSA) is 61.4 Å². The van der Waals surface area contributed by atoms with Crippen molar-refractivity contribution in [3.63, 3.8) is 0 Å². The van der Waals surface area contributed by atoms with Crippen LogP contribution in [0.3, 0.4) is 0 Å². The molecule has 0 spiro atoms. The third kappa shape index (κ3) is 3.45. The molecule has 1 heterocycles. The van der Waals surface area contributed by atoms with Crippen molar-refractivity contribution in [1.82, 2.24) is 15.5 Å². The molecular weight excluding hydrogens is 230 g/mol. The SMILES string of the molecule is CCCNC1CCN(CCNC(=O)C2CC2)C1=O. The van der Waals surface area contributed by atoms with Gasteiger partial charge in [0.2, 0.25) is 11.8 Å². The fourth-order valence-electron chi connectivity index (χ4n) is 2.27. The first-order valence-corrected chi connectivity index (χ1v) is 7.02. The highest BCUT2D eigenvalue weighted by atomic mass is 16.2. The third-order valence-corrected chi connectivity index (χ3v) is 3.57. The normalized spacial score (nSPS) is 23.5. The maximum atomic E-state index is 12.0. The Hall–Kier alpha value is -1.10. The highest BCUT2D eigenvalue weighted by Crippen LogP contribution is 2.28. The average Bonchev–Trinajstić information content (AvgIpc) is 3.15. The molecular formula is C13H23N3O2. The molecule has 2 amide bonds. The van der Waals surface area contributed by atoms with Crippen molar-refractivity contribution in [2.24, 2.45) is 5.92 Å². The van der Waals surface area contributed by atoms with Gasteiger partial charge in [0, 0.05) is 25.6 Å². The van der Waals surface area contributed by atoms with Crippen LogP contribution in [0.15, 0.2) is 0 Å². The second-order valence-corrected chi connectivity index (χ2v) is 5.19. The summed E-state index contributed by atoms with van der Waals surface area (Å²) in [6.07, 6.45) is 3.98. The molecule has 5 heteroatoms. The lowest BCUT2D eigenvalue weighted by molar-refractivity contribution is -0.130. The molecule has 18 heavy (non-hydrogen) atoms. The molecule has 2 rings (SSSR count). The van der Waals surface area contributed by atoms with Crippen molar-refractivity contribution in [1.29, 1.82) is 0 Å². The van der Waals surface area contributed by atoms with Crippen molar-refractivity contribution in [2.75, 3.05) is 26.2 Å². The summed E-state index contributed by atoms with van der Waals surface area (Å²) in [6.45, 7) is 5.02. The lowest BCUT2D eigenvalue weighted by Crippen LogP contribution is -2.41. The summed E-state index contributed by atoms with van der Waals surface area (Å²) in [5.41, 5.74) is 0. The molecule has 1 atom stereocenters. The van der Waals surface area contributed by atoms with E-state index in [1.54, 1.807) is 0 Å². The Balaban J connectivity index is 1.64. The van der Waals surface area contributed by atoms with E-state index in [9.17, 15) is 9.59 Å². The summed E-state index contributed by atoms with van der Waals surface area (Å²) in [6, 6.07) is -0.0101. The number of amides is 2. The van der Waals surface area contributed by atoms with E-state index in [-0.39, 0.29) is 23.8 Å². The minimum Gasteiger partial charge on any atom is -0.354 e. The summed E-state index contributed by atoms with van der Waals surface area (Å²) in [7, 11) is 0. The zero-order valence-corrected chi connectivity index (χ0v) is 11.1. The number of rotatable bonds is 7. The van der Waals surface area contributed by atoms with Crippen LogP contribution in [0, 0.1) is 5.92 Å². The first-order chi connectivity index (χ1) is 8.72. The average molecular weight is 253 g/mol. The van der Waals surface area contributed by atoms with E-state index in [0.29, 0.717) is 13.1 Å². The number of hydrogen-bond acceptors (Lipinski definition) is 3. The molecule has 0 aromatic heterocycles. The van der Waals surface area contributed by atoms with Gasteiger partial charge in [-0.1, -0.05) is 6.92 Å². The molecule has 1 unspecified atom stereocenters. The van der Waals surface area contributed by atoms with Crippen LogP contribution in [0.25, 0.3) is 0 Å². The van der Waals surface area contributed by atoms with Gasteiger partial charge in [-0.3, -0.25) is 9.59 Å². The summed E-state index contributed by atoms with van der Waals surface area (Å²) >= 11 is 0. The van der Waals surface area contributed by atoms with Gasteiger partial charge in [0.05, 0.1) is 6.04 Å².